The zero-order chi connectivity index (χ0) is 14.8. The van der Waals surface area contributed by atoms with Gasteiger partial charge in [0.2, 0.25) is 5.91 Å². The Hall–Kier alpha value is -2.56. The monoisotopic (exact) mass is 282 g/mol. The number of amides is 1. The van der Waals surface area contributed by atoms with Gasteiger partial charge in [-0.2, -0.15) is 0 Å². The second-order valence-corrected chi connectivity index (χ2v) is 5.35. The van der Waals surface area contributed by atoms with E-state index in [1.54, 1.807) is 0 Å². The zero-order valence-corrected chi connectivity index (χ0v) is 11.6. The molecule has 1 aromatic carbocycles. The Balaban J connectivity index is 1.85. The van der Waals surface area contributed by atoms with Crippen LogP contribution in [0, 0.1) is 11.3 Å². The quantitative estimate of drug-likeness (QED) is 0.567. The summed E-state index contributed by atoms with van der Waals surface area (Å²) in [7, 11) is 0. The standard InChI is InChI=1S/C16H18N4O/c17-7-14(8-18)11-3-4-12-6-15(19-9-13(12)5-11)20-16(21)10-1-2-10/h3-10,15,17,19H,1-2,18H2,(H,20,21)/b14-8+,17-7?. The lowest BCUT2D eigenvalue weighted by Crippen LogP contribution is -2.48. The van der Waals surface area contributed by atoms with E-state index in [1.165, 1.54) is 12.4 Å². The molecule has 1 aromatic rings. The predicted molar refractivity (Wildman–Crippen MR) is 83.4 cm³/mol. The topological polar surface area (TPSA) is 91.0 Å². The van der Waals surface area contributed by atoms with E-state index in [1.807, 2.05) is 30.5 Å². The van der Waals surface area contributed by atoms with Crippen molar-refractivity contribution in [2.45, 2.75) is 19.0 Å². The van der Waals surface area contributed by atoms with Crippen molar-refractivity contribution in [3.63, 3.8) is 0 Å². The number of nitrogens with two attached hydrogens (primary N) is 1. The first-order chi connectivity index (χ1) is 10.2. The maximum atomic E-state index is 11.8. The van der Waals surface area contributed by atoms with Crippen molar-refractivity contribution in [1.82, 2.24) is 10.6 Å². The minimum Gasteiger partial charge on any atom is -0.404 e. The molecule has 0 aromatic heterocycles. The molecule has 1 heterocycles. The molecular formula is C16H18N4O. The third-order valence-corrected chi connectivity index (χ3v) is 3.77. The van der Waals surface area contributed by atoms with Crippen molar-refractivity contribution in [2.24, 2.45) is 11.7 Å². The van der Waals surface area contributed by atoms with Crippen molar-refractivity contribution < 1.29 is 4.79 Å². The summed E-state index contributed by atoms with van der Waals surface area (Å²) in [6.45, 7) is 0. The highest BCUT2D eigenvalue weighted by molar-refractivity contribution is 6.08. The molecule has 3 rings (SSSR count). The molecule has 1 unspecified atom stereocenters. The Kier molecular flexibility index (Phi) is 3.48. The van der Waals surface area contributed by atoms with Crippen LogP contribution >= 0.6 is 0 Å². The Morgan fingerprint density at radius 1 is 1.38 bits per heavy atom. The summed E-state index contributed by atoms with van der Waals surface area (Å²) in [5.74, 6) is 0.322. The average molecular weight is 282 g/mol. The summed E-state index contributed by atoms with van der Waals surface area (Å²) >= 11 is 0. The van der Waals surface area contributed by atoms with E-state index in [0.717, 1.165) is 28.8 Å². The first kappa shape index (κ1) is 13.4. The van der Waals surface area contributed by atoms with Crippen LogP contribution in [0.2, 0.25) is 0 Å². The van der Waals surface area contributed by atoms with Crippen LogP contribution < -0.4 is 26.8 Å². The van der Waals surface area contributed by atoms with Crippen LogP contribution in [0.5, 0.6) is 0 Å². The number of nitrogens with one attached hydrogen (secondary N) is 3. The van der Waals surface area contributed by atoms with E-state index in [2.05, 4.69) is 10.6 Å². The van der Waals surface area contributed by atoms with Gasteiger partial charge in [-0.15, -0.1) is 0 Å². The van der Waals surface area contributed by atoms with Crippen LogP contribution in [-0.4, -0.2) is 18.3 Å². The molecule has 2 aliphatic rings. The minimum absolute atomic E-state index is 0.120. The second kappa shape index (κ2) is 5.44. The van der Waals surface area contributed by atoms with Crippen LogP contribution in [-0.2, 0) is 4.79 Å². The highest BCUT2D eigenvalue weighted by Crippen LogP contribution is 2.28. The van der Waals surface area contributed by atoms with E-state index in [9.17, 15) is 4.79 Å². The molecule has 1 amide bonds. The molecule has 0 saturated heterocycles. The van der Waals surface area contributed by atoms with Gasteiger partial charge in [0.15, 0.2) is 0 Å². The molecule has 108 valence electrons. The molecule has 5 nitrogen and oxygen atoms in total. The van der Waals surface area contributed by atoms with Gasteiger partial charge in [-0.1, -0.05) is 12.1 Å². The summed E-state index contributed by atoms with van der Waals surface area (Å²) in [5, 5.41) is 15.6. The normalized spacial score (nSPS) is 20.4. The summed E-state index contributed by atoms with van der Waals surface area (Å²) in [5.41, 5.74) is 7.09. The van der Waals surface area contributed by atoms with Crippen molar-refractivity contribution in [2.75, 3.05) is 0 Å². The lowest BCUT2D eigenvalue weighted by molar-refractivity contribution is -0.122. The fourth-order valence-corrected chi connectivity index (χ4v) is 2.37. The number of hydrogen-bond acceptors (Lipinski definition) is 4. The summed E-state index contributed by atoms with van der Waals surface area (Å²) in [4.78, 5) is 11.8. The van der Waals surface area contributed by atoms with Gasteiger partial charge in [0.25, 0.3) is 0 Å². The number of hydrogen-bond donors (Lipinski definition) is 4. The maximum Gasteiger partial charge on any atom is 0.224 e. The number of benzene rings is 1. The second-order valence-electron chi connectivity index (χ2n) is 5.35. The van der Waals surface area contributed by atoms with Crippen molar-refractivity contribution in [3.8, 4) is 0 Å². The molecular weight excluding hydrogens is 264 g/mol. The van der Waals surface area contributed by atoms with E-state index in [-0.39, 0.29) is 18.0 Å². The molecule has 1 atom stereocenters. The third-order valence-electron chi connectivity index (χ3n) is 3.77. The van der Waals surface area contributed by atoms with E-state index in [0.29, 0.717) is 5.57 Å². The molecule has 5 N–H and O–H groups in total. The summed E-state index contributed by atoms with van der Waals surface area (Å²) < 4.78 is 0. The Labute approximate surface area is 122 Å². The fraction of sp³-hybridized carbons (Fsp3) is 0.250. The smallest absolute Gasteiger partial charge is 0.224 e. The number of rotatable bonds is 4. The number of allylic oxidation sites excluding steroid dienone is 1. The third kappa shape index (κ3) is 2.81. The van der Waals surface area contributed by atoms with Crippen molar-refractivity contribution in [3.05, 3.63) is 40.4 Å². The minimum atomic E-state index is -0.163. The van der Waals surface area contributed by atoms with Crippen LogP contribution in [0.3, 0.4) is 0 Å². The van der Waals surface area contributed by atoms with E-state index >= 15 is 0 Å². The molecule has 1 saturated carbocycles. The lowest BCUT2D eigenvalue weighted by Gasteiger charge is -2.18. The van der Waals surface area contributed by atoms with Crippen LogP contribution in [0.25, 0.3) is 17.8 Å². The van der Waals surface area contributed by atoms with Gasteiger partial charge in [-0.05, 0) is 41.0 Å². The molecule has 1 aliphatic heterocycles. The zero-order valence-electron chi connectivity index (χ0n) is 11.6. The predicted octanol–water partition coefficient (Wildman–Crippen LogP) is -0.390. The van der Waals surface area contributed by atoms with Gasteiger partial charge >= 0.3 is 0 Å². The van der Waals surface area contributed by atoms with E-state index in [4.69, 9.17) is 11.1 Å². The number of fused-ring (bicyclic) bond motifs is 1. The van der Waals surface area contributed by atoms with Crippen LogP contribution in [0.4, 0.5) is 0 Å². The summed E-state index contributed by atoms with van der Waals surface area (Å²) in [6, 6.07) is 5.88. The van der Waals surface area contributed by atoms with Crippen molar-refractivity contribution >= 4 is 30.0 Å². The van der Waals surface area contributed by atoms with Gasteiger partial charge in [0, 0.05) is 30.1 Å². The van der Waals surface area contributed by atoms with Gasteiger partial charge in [0.1, 0.15) is 6.17 Å². The maximum absolute atomic E-state index is 11.8. The largest absolute Gasteiger partial charge is 0.404 e. The fourth-order valence-electron chi connectivity index (χ4n) is 2.37. The van der Waals surface area contributed by atoms with Crippen molar-refractivity contribution in [1.29, 1.82) is 5.41 Å². The lowest BCUT2D eigenvalue weighted by atomic mass is 10.0. The molecule has 0 radical (unpaired) electrons. The van der Waals surface area contributed by atoms with Gasteiger partial charge < -0.3 is 21.8 Å². The first-order valence-corrected chi connectivity index (χ1v) is 7.02. The highest BCUT2D eigenvalue weighted by Gasteiger charge is 2.30. The average Bonchev–Trinajstić information content (AvgIpc) is 3.33. The van der Waals surface area contributed by atoms with E-state index < -0.39 is 0 Å². The first-order valence-electron chi connectivity index (χ1n) is 7.02. The SMILES string of the molecule is N=C/C(=C\N)c1ccc2c(c1)=CNC(NC(=O)C1CC1)C=2. The molecule has 5 heteroatoms. The number of carbonyl (C=O) groups is 1. The molecule has 21 heavy (non-hydrogen) atoms. The molecule has 0 bridgehead atoms. The van der Waals surface area contributed by atoms with Gasteiger partial charge in [-0.25, -0.2) is 0 Å². The van der Waals surface area contributed by atoms with Gasteiger partial charge in [0.05, 0.1) is 0 Å². The number of carbonyl (C=O) groups excluding carboxylic acids is 1. The van der Waals surface area contributed by atoms with Crippen LogP contribution in [0.15, 0.2) is 24.4 Å². The molecule has 1 aliphatic carbocycles. The van der Waals surface area contributed by atoms with Crippen LogP contribution in [0.1, 0.15) is 18.4 Å². The molecule has 1 fully saturated rings. The Bertz CT molecular complexity index is 731. The highest BCUT2D eigenvalue weighted by atomic mass is 16.2. The Morgan fingerprint density at radius 2 is 2.19 bits per heavy atom. The Morgan fingerprint density at radius 3 is 2.86 bits per heavy atom. The molecule has 0 spiro atoms. The summed E-state index contributed by atoms with van der Waals surface area (Å²) in [6.07, 6.45) is 8.38. The van der Waals surface area contributed by atoms with Gasteiger partial charge in [-0.3, -0.25) is 4.79 Å².